The van der Waals surface area contributed by atoms with Crippen molar-refractivity contribution in [2.24, 2.45) is 4.99 Å². The molecule has 3 rings (SSSR count). The Morgan fingerprint density at radius 3 is 2.68 bits per heavy atom. The second-order valence-corrected chi connectivity index (χ2v) is 8.46. The van der Waals surface area contributed by atoms with Crippen LogP contribution in [0.1, 0.15) is 16.7 Å². The Balaban J connectivity index is 1.70. The lowest BCUT2D eigenvalue weighted by molar-refractivity contribution is 0.601. The van der Waals surface area contributed by atoms with E-state index in [4.69, 9.17) is 0 Å². The van der Waals surface area contributed by atoms with E-state index >= 15 is 0 Å². The van der Waals surface area contributed by atoms with Crippen molar-refractivity contribution in [3.8, 4) is 0 Å². The molecule has 0 aliphatic carbocycles. The molecule has 0 fully saturated rings. The number of aliphatic imine (C=N–C) groups is 1. The molecule has 6 heteroatoms. The molecule has 0 unspecified atom stereocenters. The standard InChI is InChI=1S/C19H23N3O2S/c1-20-19(22-11-10-17-8-3-4-9-18(17)22)21-13-15-6-5-7-16(12-15)14-25(2,23)24/h3-9,12H,10-11,13-14H2,1-2H3,(H,20,21). The second kappa shape index (κ2) is 7.27. The summed E-state index contributed by atoms with van der Waals surface area (Å²) in [5.41, 5.74) is 4.38. The molecule has 1 N–H and O–H groups in total. The molecular formula is C19H23N3O2S. The maximum Gasteiger partial charge on any atom is 0.198 e. The maximum absolute atomic E-state index is 11.5. The van der Waals surface area contributed by atoms with Crippen LogP contribution in [0.5, 0.6) is 0 Å². The highest BCUT2D eigenvalue weighted by atomic mass is 32.2. The van der Waals surface area contributed by atoms with Gasteiger partial charge in [0.1, 0.15) is 0 Å². The first-order valence-electron chi connectivity index (χ1n) is 8.28. The topological polar surface area (TPSA) is 61.8 Å². The zero-order valence-electron chi connectivity index (χ0n) is 14.6. The first kappa shape index (κ1) is 17.5. The van der Waals surface area contributed by atoms with Crippen molar-refractivity contribution in [2.75, 3.05) is 24.7 Å². The third-order valence-electron chi connectivity index (χ3n) is 4.23. The van der Waals surface area contributed by atoms with Gasteiger partial charge in [0.15, 0.2) is 15.8 Å². The minimum atomic E-state index is -3.03. The number of benzene rings is 2. The first-order chi connectivity index (χ1) is 12.0. The van der Waals surface area contributed by atoms with Gasteiger partial charge in [-0.25, -0.2) is 8.42 Å². The third-order valence-corrected chi connectivity index (χ3v) is 5.08. The van der Waals surface area contributed by atoms with E-state index in [9.17, 15) is 8.42 Å². The molecule has 2 aromatic carbocycles. The molecule has 0 spiro atoms. The molecule has 25 heavy (non-hydrogen) atoms. The van der Waals surface area contributed by atoms with Crippen molar-refractivity contribution < 1.29 is 8.42 Å². The summed E-state index contributed by atoms with van der Waals surface area (Å²) in [6, 6.07) is 16.0. The van der Waals surface area contributed by atoms with Gasteiger partial charge in [0, 0.05) is 32.1 Å². The van der Waals surface area contributed by atoms with Crippen LogP contribution in [0.4, 0.5) is 5.69 Å². The Labute approximate surface area is 149 Å². The van der Waals surface area contributed by atoms with Gasteiger partial charge < -0.3 is 10.2 Å². The normalized spacial score (nSPS) is 14.5. The quantitative estimate of drug-likeness (QED) is 0.674. The van der Waals surface area contributed by atoms with Crippen LogP contribution < -0.4 is 10.2 Å². The molecule has 1 heterocycles. The number of hydrogen-bond acceptors (Lipinski definition) is 3. The summed E-state index contributed by atoms with van der Waals surface area (Å²) in [5, 5.41) is 3.39. The van der Waals surface area contributed by atoms with Crippen molar-refractivity contribution in [2.45, 2.75) is 18.7 Å². The average Bonchev–Trinajstić information content (AvgIpc) is 2.99. The van der Waals surface area contributed by atoms with E-state index in [1.54, 1.807) is 7.05 Å². The number of para-hydroxylation sites is 1. The molecule has 0 saturated heterocycles. The van der Waals surface area contributed by atoms with Crippen LogP contribution >= 0.6 is 0 Å². The minimum Gasteiger partial charge on any atom is -0.352 e. The Bertz CT molecular complexity index is 891. The highest BCUT2D eigenvalue weighted by Gasteiger charge is 2.22. The number of nitrogens with one attached hydrogen (secondary N) is 1. The van der Waals surface area contributed by atoms with E-state index in [2.05, 4.69) is 33.4 Å². The summed E-state index contributed by atoms with van der Waals surface area (Å²) in [6.45, 7) is 1.51. The van der Waals surface area contributed by atoms with Crippen LogP contribution in [0.15, 0.2) is 53.5 Å². The Hall–Kier alpha value is -2.34. The van der Waals surface area contributed by atoms with E-state index in [0.717, 1.165) is 30.1 Å². The molecule has 0 aromatic heterocycles. The number of hydrogen-bond donors (Lipinski definition) is 1. The van der Waals surface area contributed by atoms with Crippen LogP contribution in [0.25, 0.3) is 0 Å². The van der Waals surface area contributed by atoms with Gasteiger partial charge >= 0.3 is 0 Å². The fraction of sp³-hybridized carbons (Fsp3) is 0.316. The number of rotatable bonds is 4. The van der Waals surface area contributed by atoms with E-state index in [-0.39, 0.29) is 5.75 Å². The third kappa shape index (κ3) is 4.39. The van der Waals surface area contributed by atoms with Gasteiger partial charge in [0.05, 0.1) is 5.75 Å². The van der Waals surface area contributed by atoms with E-state index in [0.29, 0.717) is 6.54 Å². The Morgan fingerprint density at radius 1 is 1.16 bits per heavy atom. The fourth-order valence-corrected chi connectivity index (χ4v) is 3.95. The van der Waals surface area contributed by atoms with Gasteiger partial charge in [-0.15, -0.1) is 0 Å². The molecule has 1 aliphatic heterocycles. The highest BCUT2D eigenvalue weighted by Crippen LogP contribution is 2.27. The van der Waals surface area contributed by atoms with Gasteiger partial charge in [-0.2, -0.15) is 0 Å². The van der Waals surface area contributed by atoms with E-state index in [1.807, 2.05) is 30.3 Å². The van der Waals surface area contributed by atoms with Crippen LogP contribution in [0.3, 0.4) is 0 Å². The molecule has 5 nitrogen and oxygen atoms in total. The number of nitrogens with zero attached hydrogens (tertiary/aromatic N) is 2. The lowest BCUT2D eigenvalue weighted by Gasteiger charge is -2.22. The molecule has 1 aliphatic rings. The van der Waals surface area contributed by atoms with Crippen LogP contribution in [0.2, 0.25) is 0 Å². The zero-order chi connectivity index (χ0) is 17.9. The molecule has 132 valence electrons. The van der Waals surface area contributed by atoms with Crippen molar-refractivity contribution in [1.29, 1.82) is 0 Å². The SMILES string of the molecule is CN=C(NCc1cccc(CS(C)(=O)=O)c1)N1CCc2ccccc21. The molecular weight excluding hydrogens is 334 g/mol. The predicted octanol–water partition coefficient (Wildman–Crippen LogP) is 2.37. The Morgan fingerprint density at radius 2 is 1.92 bits per heavy atom. The van der Waals surface area contributed by atoms with Crippen LogP contribution in [0, 0.1) is 0 Å². The monoisotopic (exact) mass is 357 g/mol. The van der Waals surface area contributed by atoms with Crippen LogP contribution in [-0.2, 0) is 28.6 Å². The highest BCUT2D eigenvalue weighted by molar-refractivity contribution is 7.89. The summed E-state index contributed by atoms with van der Waals surface area (Å²) < 4.78 is 22.9. The van der Waals surface area contributed by atoms with Gasteiger partial charge in [0.25, 0.3) is 0 Å². The second-order valence-electron chi connectivity index (χ2n) is 6.32. The number of anilines is 1. The molecule has 0 bridgehead atoms. The fourth-order valence-electron chi connectivity index (χ4n) is 3.17. The van der Waals surface area contributed by atoms with E-state index < -0.39 is 9.84 Å². The lowest BCUT2D eigenvalue weighted by atomic mass is 10.1. The minimum absolute atomic E-state index is 0.0645. The lowest BCUT2D eigenvalue weighted by Crippen LogP contribution is -2.40. The van der Waals surface area contributed by atoms with Crippen molar-refractivity contribution in [3.05, 3.63) is 65.2 Å². The smallest absolute Gasteiger partial charge is 0.198 e. The summed E-state index contributed by atoms with van der Waals surface area (Å²) in [7, 11) is -1.25. The summed E-state index contributed by atoms with van der Waals surface area (Å²) in [4.78, 5) is 6.59. The Kier molecular flexibility index (Phi) is 5.08. The van der Waals surface area contributed by atoms with Crippen molar-refractivity contribution in [3.63, 3.8) is 0 Å². The van der Waals surface area contributed by atoms with Gasteiger partial charge in [0.2, 0.25) is 0 Å². The largest absolute Gasteiger partial charge is 0.352 e. The number of sulfone groups is 1. The molecule has 0 saturated carbocycles. The zero-order valence-corrected chi connectivity index (χ0v) is 15.4. The van der Waals surface area contributed by atoms with Gasteiger partial charge in [-0.05, 0) is 29.2 Å². The first-order valence-corrected chi connectivity index (χ1v) is 10.3. The molecule has 2 aromatic rings. The molecule has 0 radical (unpaired) electrons. The molecule has 0 amide bonds. The summed E-state index contributed by atoms with van der Waals surface area (Å²) in [6.07, 6.45) is 2.27. The summed E-state index contributed by atoms with van der Waals surface area (Å²) >= 11 is 0. The predicted molar refractivity (Wildman–Crippen MR) is 103 cm³/mol. The van der Waals surface area contributed by atoms with Gasteiger partial charge in [-0.1, -0.05) is 42.5 Å². The number of guanidine groups is 1. The number of fused-ring (bicyclic) bond motifs is 1. The average molecular weight is 357 g/mol. The maximum atomic E-state index is 11.5. The summed E-state index contributed by atoms with van der Waals surface area (Å²) in [5.74, 6) is 0.896. The van der Waals surface area contributed by atoms with Crippen LogP contribution in [-0.4, -0.2) is 34.2 Å². The molecule has 0 atom stereocenters. The van der Waals surface area contributed by atoms with E-state index in [1.165, 1.54) is 17.5 Å². The van der Waals surface area contributed by atoms with Gasteiger partial charge in [-0.3, -0.25) is 4.99 Å². The van der Waals surface area contributed by atoms with Crippen molar-refractivity contribution in [1.82, 2.24) is 5.32 Å². The van der Waals surface area contributed by atoms with Crippen molar-refractivity contribution >= 4 is 21.5 Å².